The highest BCUT2D eigenvalue weighted by atomic mass is 16.2. The van der Waals surface area contributed by atoms with Gasteiger partial charge in [0.05, 0.1) is 0 Å². The van der Waals surface area contributed by atoms with Crippen LogP contribution in [0.1, 0.15) is 33.2 Å². The van der Waals surface area contributed by atoms with Crippen molar-refractivity contribution in [2.24, 2.45) is 0 Å². The van der Waals surface area contributed by atoms with Gasteiger partial charge in [-0.15, -0.1) is 0 Å². The Morgan fingerprint density at radius 2 is 1.62 bits per heavy atom. The minimum Gasteiger partial charge on any atom is -0.336 e. The monoisotopic (exact) mass is 351 g/mol. The van der Waals surface area contributed by atoms with Crippen LogP contribution in [0.5, 0.6) is 0 Å². The molecule has 1 fully saturated rings. The zero-order valence-electron chi connectivity index (χ0n) is 15.4. The quantitative estimate of drug-likeness (QED) is 0.921. The van der Waals surface area contributed by atoms with Gasteiger partial charge < -0.3 is 15.1 Å². The van der Waals surface area contributed by atoms with Gasteiger partial charge in [-0.25, -0.2) is 0 Å². The van der Waals surface area contributed by atoms with E-state index in [9.17, 15) is 9.59 Å². The molecule has 136 valence electrons. The fourth-order valence-corrected chi connectivity index (χ4v) is 3.01. The van der Waals surface area contributed by atoms with Crippen molar-refractivity contribution in [3.63, 3.8) is 0 Å². The van der Waals surface area contributed by atoms with Gasteiger partial charge in [-0.3, -0.25) is 9.59 Å². The molecule has 0 aromatic heterocycles. The largest absolute Gasteiger partial charge is 0.336 e. The van der Waals surface area contributed by atoms with Crippen molar-refractivity contribution < 1.29 is 9.59 Å². The summed E-state index contributed by atoms with van der Waals surface area (Å²) in [4.78, 5) is 29.3. The van der Waals surface area contributed by atoms with Crippen LogP contribution in [0.4, 0.5) is 5.69 Å². The highest BCUT2D eigenvalue weighted by molar-refractivity contribution is 6.06. The molecule has 2 amide bonds. The van der Waals surface area contributed by atoms with Crippen molar-refractivity contribution in [2.75, 3.05) is 38.5 Å². The lowest BCUT2D eigenvalue weighted by Gasteiger charge is -2.32. The summed E-state index contributed by atoms with van der Waals surface area (Å²) in [7, 11) is 2.06. The molecule has 1 saturated heterocycles. The van der Waals surface area contributed by atoms with E-state index in [0.29, 0.717) is 11.1 Å². The maximum Gasteiger partial charge on any atom is 0.255 e. The highest BCUT2D eigenvalue weighted by Crippen LogP contribution is 2.14. The van der Waals surface area contributed by atoms with Crippen LogP contribution in [0, 0.1) is 0 Å². The third-order valence-corrected chi connectivity index (χ3v) is 4.78. The second-order valence-corrected chi connectivity index (χ2v) is 6.68. The molecule has 2 aromatic rings. The van der Waals surface area contributed by atoms with Crippen LogP contribution in [-0.2, 0) is 6.42 Å². The average Bonchev–Trinajstić information content (AvgIpc) is 2.68. The lowest BCUT2D eigenvalue weighted by atomic mass is 10.1. The lowest BCUT2D eigenvalue weighted by Crippen LogP contribution is -2.47. The summed E-state index contributed by atoms with van der Waals surface area (Å²) in [5, 5.41) is 2.89. The smallest absolute Gasteiger partial charge is 0.255 e. The van der Waals surface area contributed by atoms with Gasteiger partial charge in [-0.05, 0) is 49.4 Å². The summed E-state index contributed by atoms with van der Waals surface area (Å²) >= 11 is 0. The molecule has 0 bridgehead atoms. The summed E-state index contributed by atoms with van der Waals surface area (Å²) in [5.74, 6) is -0.220. The Hall–Kier alpha value is -2.66. The maximum atomic E-state index is 12.7. The number of likely N-dealkylation sites (N-methyl/N-ethyl adjacent to an activating group) is 1. The number of rotatable bonds is 4. The van der Waals surface area contributed by atoms with E-state index in [0.717, 1.165) is 38.3 Å². The summed E-state index contributed by atoms with van der Waals surface area (Å²) in [6.07, 6.45) is 0.963. The number of benzene rings is 2. The Balaban J connectivity index is 1.69. The van der Waals surface area contributed by atoms with Crippen LogP contribution >= 0.6 is 0 Å². The number of carbonyl (C=O) groups excluding carboxylic acids is 2. The molecule has 26 heavy (non-hydrogen) atoms. The molecule has 0 atom stereocenters. The molecule has 0 spiro atoms. The third kappa shape index (κ3) is 4.29. The maximum absolute atomic E-state index is 12.7. The van der Waals surface area contributed by atoms with Crippen LogP contribution < -0.4 is 5.32 Å². The van der Waals surface area contributed by atoms with E-state index in [2.05, 4.69) is 24.2 Å². The van der Waals surface area contributed by atoms with Crippen LogP contribution in [-0.4, -0.2) is 54.8 Å². The predicted octanol–water partition coefficient (Wildman–Crippen LogP) is 2.89. The van der Waals surface area contributed by atoms with E-state index < -0.39 is 0 Å². The van der Waals surface area contributed by atoms with Crippen LogP contribution in [0.15, 0.2) is 48.5 Å². The molecular formula is C21H25N3O2. The number of hydrogen-bond acceptors (Lipinski definition) is 3. The first-order valence-corrected chi connectivity index (χ1v) is 9.05. The SMILES string of the molecule is CCc1ccc(NC(=O)c2cccc(C(=O)N3CCN(C)CC3)c2)cc1. The fraction of sp³-hybridized carbons (Fsp3) is 0.333. The van der Waals surface area contributed by atoms with Gasteiger partial charge in [0.25, 0.3) is 11.8 Å². The third-order valence-electron chi connectivity index (χ3n) is 4.78. The predicted molar refractivity (Wildman–Crippen MR) is 104 cm³/mol. The van der Waals surface area contributed by atoms with E-state index in [-0.39, 0.29) is 11.8 Å². The zero-order valence-corrected chi connectivity index (χ0v) is 15.4. The zero-order chi connectivity index (χ0) is 18.5. The van der Waals surface area contributed by atoms with Gasteiger partial charge >= 0.3 is 0 Å². The number of nitrogens with zero attached hydrogens (tertiary/aromatic N) is 2. The first-order valence-electron chi connectivity index (χ1n) is 9.05. The number of nitrogens with one attached hydrogen (secondary N) is 1. The van der Waals surface area contributed by atoms with Crippen molar-refractivity contribution in [2.45, 2.75) is 13.3 Å². The summed E-state index contributed by atoms with van der Waals surface area (Å²) < 4.78 is 0. The second kappa shape index (κ2) is 8.15. The van der Waals surface area contributed by atoms with Crippen molar-refractivity contribution in [3.8, 4) is 0 Å². The Bertz CT molecular complexity index is 778. The van der Waals surface area contributed by atoms with Gasteiger partial charge in [0.2, 0.25) is 0 Å². The van der Waals surface area contributed by atoms with Crippen LogP contribution in [0.25, 0.3) is 0 Å². The van der Waals surface area contributed by atoms with Crippen molar-refractivity contribution in [1.82, 2.24) is 9.80 Å². The Kier molecular flexibility index (Phi) is 5.68. The van der Waals surface area contributed by atoms with E-state index in [1.807, 2.05) is 29.2 Å². The van der Waals surface area contributed by atoms with Crippen molar-refractivity contribution >= 4 is 17.5 Å². The normalized spacial score (nSPS) is 14.9. The van der Waals surface area contributed by atoms with Crippen LogP contribution in [0.3, 0.4) is 0 Å². The number of amides is 2. The molecule has 0 saturated carbocycles. The minimum atomic E-state index is -0.206. The molecule has 5 heteroatoms. The lowest BCUT2D eigenvalue weighted by molar-refractivity contribution is 0.0664. The average molecular weight is 351 g/mol. The van der Waals surface area contributed by atoms with E-state index >= 15 is 0 Å². The van der Waals surface area contributed by atoms with Crippen molar-refractivity contribution in [1.29, 1.82) is 0 Å². The number of aryl methyl sites for hydroxylation is 1. The molecule has 0 radical (unpaired) electrons. The number of hydrogen-bond donors (Lipinski definition) is 1. The van der Waals surface area contributed by atoms with Gasteiger partial charge in [0.1, 0.15) is 0 Å². The molecule has 0 aliphatic carbocycles. The van der Waals surface area contributed by atoms with Gasteiger partial charge in [-0.2, -0.15) is 0 Å². The Labute approximate surface area is 154 Å². The molecule has 2 aromatic carbocycles. The summed E-state index contributed by atoms with van der Waals surface area (Å²) in [6, 6.07) is 14.7. The molecule has 0 unspecified atom stereocenters. The topological polar surface area (TPSA) is 52.7 Å². The standard InChI is InChI=1S/C21H25N3O2/c1-3-16-7-9-19(10-8-16)22-20(25)17-5-4-6-18(15-17)21(26)24-13-11-23(2)12-14-24/h4-10,15H,3,11-14H2,1-2H3,(H,22,25). The molecule has 1 N–H and O–H groups in total. The molecule has 1 aliphatic heterocycles. The second-order valence-electron chi connectivity index (χ2n) is 6.68. The Morgan fingerprint density at radius 1 is 0.962 bits per heavy atom. The summed E-state index contributed by atoms with van der Waals surface area (Å²) in [5.41, 5.74) is 3.03. The number of anilines is 1. The van der Waals surface area contributed by atoms with Gasteiger partial charge in [0, 0.05) is 43.0 Å². The van der Waals surface area contributed by atoms with Gasteiger partial charge in [-0.1, -0.05) is 25.1 Å². The van der Waals surface area contributed by atoms with Gasteiger partial charge in [0.15, 0.2) is 0 Å². The Morgan fingerprint density at radius 3 is 2.27 bits per heavy atom. The molecule has 5 nitrogen and oxygen atoms in total. The number of piperazine rings is 1. The van der Waals surface area contributed by atoms with E-state index in [1.54, 1.807) is 24.3 Å². The molecule has 1 heterocycles. The highest BCUT2D eigenvalue weighted by Gasteiger charge is 2.21. The number of carbonyl (C=O) groups is 2. The first kappa shape index (κ1) is 18.1. The molecule has 3 rings (SSSR count). The minimum absolute atomic E-state index is 0.0138. The fourth-order valence-electron chi connectivity index (χ4n) is 3.01. The summed E-state index contributed by atoms with van der Waals surface area (Å²) in [6.45, 7) is 5.28. The first-order chi connectivity index (χ1) is 12.6. The van der Waals surface area contributed by atoms with Crippen LogP contribution in [0.2, 0.25) is 0 Å². The van der Waals surface area contributed by atoms with E-state index in [4.69, 9.17) is 0 Å². The molecule has 1 aliphatic rings. The van der Waals surface area contributed by atoms with E-state index in [1.165, 1.54) is 5.56 Å². The molecular weight excluding hydrogens is 326 g/mol. The van der Waals surface area contributed by atoms with Crippen molar-refractivity contribution in [3.05, 3.63) is 65.2 Å².